The molecule has 0 unspecified atom stereocenters. The molecule has 0 bridgehead atoms. The third kappa shape index (κ3) is 5.02. The van der Waals surface area contributed by atoms with Crippen LogP contribution >= 0.6 is 0 Å². The number of aromatic amines is 1. The van der Waals surface area contributed by atoms with Gasteiger partial charge in [-0.05, 0) is 50.2 Å². The van der Waals surface area contributed by atoms with Crippen molar-refractivity contribution in [3.63, 3.8) is 0 Å². The second kappa shape index (κ2) is 9.37. The highest BCUT2D eigenvalue weighted by Gasteiger charge is 2.10. The van der Waals surface area contributed by atoms with Gasteiger partial charge in [-0.2, -0.15) is 0 Å². The van der Waals surface area contributed by atoms with Gasteiger partial charge in [0.25, 0.3) is 5.91 Å². The lowest BCUT2D eigenvalue weighted by molar-refractivity contribution is 0.0949. The third-order valence-corrected chi connectivity index (χ3v) is 5.39. The third-order valence-electron chi connectivity index (χ3n) is 5.39. The SMILES string of the molecule is O=C(NCCc1c[nH]c2ccccc12)c1cc(NCCC2=CCCCC2)ncn1. The summed E-state index contributed by atoms with van der Waals surface area (Å²) >= 11 is 0. The highest BCUT2D eigenvalue weighted by Crippen LogP contribution is 2.20. The molecule has 1 aliphatic rings. The number of carbonyl (C=O) groups is 1. The zero-order valence-electron chi connectivity index (χ0n) is 16.6. The van der Waals surface area contributed by atoms with Crippen LogP contribution in [0.4, 0.5) is 5.82 Å². The maximum Gasteiger partial charge on any atom is 0.270 e. The molecule has 150 valence electrons. The van der Waals surface area contributed by atoms with E-state index in [0.717, 1.165) is 24.9 Å². The minimum atomic E-state index is -0.176. The molecule has 3 N–H and O–H groups in total. The predicted octanol–water partition coefficient (Wildman–Crippen LogP) is 4.23. The Kier molecular flexibility index (Phi) is 6.19. The number of hydrogen-bond donors (Lipinski definition) is 3. The van der Waals surface area contributed by atoms with Crippen molar-refractivity contribution in [1.82, 2.24) is 20.3 Å². The van der Waals surface area contributed by atoms with Crippen LogP contribution in [0.3, 0.4) is 0 Å². The van der Waals surface area contributed by atoms with E-state index in [1.807, 2.05) is 18.3 Å². The minimum absolute atomic E-state index is 0.176. The van der Waals surface area contributed by atoms with Gasteiger partial charge in [-0.1, -0.05) is 29.8 Å². The van der Waals surface area contributed by atoms with Gasteiger partial charge in [-0.15, -0.1) is 0 Å². The van der Waals surface area contributed by atoms with E-state index >= 15 is 0 Å². The number of rotatable bonds is 8. The maximum atomic E-state index is 12.5. The van der Waals surface area contributed by atoms with Gasteiger partial charge in [0.1, 0.15) is 17.8 Å². The molecule has 0 radical (unpaired) electrons. The summed E-state index contributed by atoms with van der Waals surface area (Å²) < 4.78 is 0. The Balaban J connectivity index is 1.27. The second-order valence-corrected chi connectivity index (χ2v) is 7.44. The standard InChI is InChI=1S/C23H27N5O/c29-23(25-13-11-18-15-26-20-9-5-4-8-19(18)20)21-14-22(28-16-27-21)24-12-10-17-6-2-1-3-7-17/h4-6,8-9,14-16,26H,1-3,7,10-13H2,(H,25,29)(H,24,27,28). The van der Waals surface area contributed by atoms with Crippen LogP contribution in [0, 0.1) is 0 Å². The van der Waals surface area contributed by atoms with E-state index in [2.05, 4.69) is 43.8 Å². The molecule has 2 aromatic heterocycles. The summed E-state index contributed by atoms with van der Waals surface area (Å²) in [7, 11) is 0. The number of para-hydroxylation sites is 1. The maximum absolute atomic E-state index is 12.5. The number of hydrogen-bond acceptors (Lipinski definition) is 4. The zero-order chi connectivity index (χ0) is 19.9. The lowest BCUT2D eigenvalue weighted by atomic mass is 9.97. The topological polar surface area (TPSA) is 82.7 Å². The number of amides is 1. The number of aromatic nitrogens is 3. The van der Waals surface area contributed by atoms with Crippen LogP contribution in [0.2, 0.25) is 0 Å². The van der Waals surface area contributed by atoms with Crippen molar-refractivity contribution in [3.8, 4) is 0 Å². The molecule has 6 heteroatoms. The Hall–Kier alpha value is -3.15. The van der Waals surface area contributed by atoms with Crippen LogP contribution in [-0.2, 0) is 6.42 Å². The van der Waals surface area contributed by atoms with E-state index in [0.29, 0.717) is 18.1 Å². The Bertz CT molecular complexity index is 1010. The summed E-state index contributed by atoms with van der Waals surface area (Å²) in [5, 5.41) is 7.46. The number of anilines is 1. The van der Waals surface area contributed by atoms with Gasteiger partial charge in [0.15, 0.2) is 0 Å². The molecule has 2 heterocycles. The Labute approximate surface area is 170 Å². The molecule has 4 rings (SSSR count). The smallest absolute Gasteiger partial charge is 0.270 e. The Morgan fingerprint density at radius 1 is 1.10 bits per heavy atom. The van der Waals surface area contributed by atoms with Crippen molar-refractivity contribution in [2.24, 2.45) is 0 Å². The van der Waals surface area contributed by atoms with Crippen LogP contribution in [0.1, 0.15) is 48.2 Å². The van der Waals surface area contributed by atoms with E-state index < -0.39 is 0 Å². The summed E-state index contributed by atoms with van der Waals surface area (Å²) in [6.07, 6.45) is 12.6. The van der Waals surface area contributed by atoms with E-state index in [1.54, 1.807) is 6.07 Å². The average molecular weight is 390 g/mol. The number of H-pyrrole nitrogens is 1. The van der Waals surface area contributed by atoms with E-state index in [9.17, 15) is 4.79 Å². The summed E-state index contributed by atoms with van der Waals surface area (Å²) in [4.78, 5) is 24.1. The van der Waals surface area contributed by atoms with Crippen LogP contribution in [0.5, 0.6) is 0 Å². The number of nitrogens with one attached hydrogen (secondary N) is 3. The molecule has 0 fully saturated rings. The van der Waals surface area contributed by atoms with Crippen LogP contribution in [0.25, 0.3) is 10.9 Å². The molecule has 0 aliphatic heterocycles. The van der Waals surface area contributed by atoms with Gasteiger partial charge in [0, 0.05) is 36.3 Å². The minimum Gasteiger partial charge on any atom is -0.370 e. The van der Waals surface area contributed by atoms with Gasteiger partial charge < -0.3 is 15.6 Å². The summed E-state index contributed by atoms with van der Waals surface area (Å²) in [6, 6.07) is 9.90. The molecule has 1 aliphatic carbocycles. The van der Waals surface area contributed by atoms with E-state index in [4.69, 9.17) is 0 Å². The largest absolute Gasteiger partial charge is 0.370 e. The van der Waals surface area contributed by atoms with E-state index in [1.165, 1.54) is 48.5 Å². The Morgan fingerprint density at radius 3 is 2.93 bits per heavy atom. The first-order chi connectivity index (χ1) is 14.3. The van der Waals surface area contributed by atoms with Gasteiger partial charge in [0.05, 0.1) is 0 Å². The summed E-state index contributed by atoms with van der Waals surface area (Å²) in [5.74, 6) is 0.517. The average Bonchev–Trinajstić information content (AvgIpc) is 3.18. The lowest BCUT2D eigenvalue weighted by Crippen LogP contribution is -2.26. The predicted molar refractivity (Wildman–Crippen MR) is 116 cm³/mol. The number of allylic oxidation sites excluding steroid dienone is 1. The molecule has 3 aromatic rings. The summed E-state index contributed by atoms with van der Waals surface area (Å²) in [6.45, 7) is 1.38. The van der Waals surface area contributed by atoms with Gasteiger partial charge >= 0.3 is 0 Å². The van der Waals surface area contributed by atoms with Crippen LogP contribution in [0.15, 0.2) is 54.5 Å². The molecule has 0 atom stereocenters. The highest BCUT2D eigenvalue weighted by atomic mass is 16.1. The number of nitrogens with zero attached hydrogens (tertiary/aromatic N) is 2. The van der Waals surface area contributed by atoms with E-state index in [-0.39, 0.29) is 5.91 Å². The fourth-order valence-electron chi connectivity index (χ4n) is 3.80. The molecular formula is C23H27N5O. The molecule has 1 amide bonds. The second-order valence-electron chi connectivity index (χ2n) is 7.44. The fourth-order valence-corrected chi connectivity index (χ4v) is 3.80. The molecule has 1 aromatic carbocycles. The summed E-state index contributed by atoms with van der Waals surface area (Å²) in [5.41, 5.74) is 4.22. The lowest BCUT2D eigenvalue weighted by Gasteiger charge is -2.13. The molecule has 0 spiro atoms. The van der Waals surface area contributed by atoms with Gasteiger partial charge in [0.2, 0.25) is 0 Å². The number of fused-ring (bicyclic) bond motifs is 1. The van der Waals surface area contributed by atoms with Crippen molar-refractivity contribution in [2.75, 3.05) is 18.4 Å². The number of benzene rings is 1. The molecule has 0 saturated heterocycles. The molecule has 29 heavy (non-hydrogen) atoms. The van der Waals surface area contributed by atoms with Crippen LogP contribution in [-0.4, -0.2) is 33.9 Å². The van der Waals surface area contributed by atoms with Crippen molar-refractivity contribution in [2.45, 2.75) is 38.5 Å². The monoisotopic (exact) mass is 389 g/mol. The van der Waals surface area contributed by atoms with Crippen molar-refractivity contribution < 1.29 is 4.79 Å². The molecule has 0 saturated carbocycles. The first kappa shape index (κ1) is 19.2. The van der Waals surface area contributed by atoms with Gasteiger partial charge in [-0.25, -0.2) is 9.97 Å². The quantitative estimate of drug-likeness (QED) is 0.504. The fraction of sp³-hybridized carbons (Fsp3) is 0.348. The van der Waals surface area contributed by atoms with Crippen LogP contribution < -0.4 is 10.6 Å². The van der Waals surface area contributed by atoms with Crippen molar-refractivity contribution in [3.05, 3.63) is 65.8 Å². The highest BCUT2D eigenvalue weighted by molar-refractivity contribution is 5.92. The van der Waals surface area contributed by atoms with Crippen molar-refractivity contribution in [1.29, 1.82) is 0 Å². The zero-order valence-corrected chi connectivity index (χ0v) is 16.6. The first-order valence-electron chi connectivity index (χ1n) is 10.4. The molecule has 6 nitrogen and oxygen atoms in total. The Morgan fingerprint density at radius 2 is 2.03 bits per heavy atom. The number of carbonyl (C=O) groups excluding carboxylic acids is 1. The molecular weight excluding hydrogens is 362 g/mol. The first-order valence-corrected chi connectivity index (χ1v) is 10.4. The van der Waals surface area contributed by atoms with Crippen molar-refractivity contribution >= 4 is 22.6 Å². The van der Waals surface area contributed by atoms with Gasteiger partial charge in [-0.3, -0.25) is 4.79 Å². The normalized spacial score (nSPS) is 13.9.